The zero-order valence-corrected chi connectivity index (χ0v) is 11.0. The molecule has 7 nitrogen and oxygen atoms in total. The Bertz CT molecular complexity index is 505. The van der Waals surface area contributed by atoms with Gasteiger partial charge in [0, 0.05) is 0 Å². The molecule has 0 bridgehead atoms. The summed E-state index contributed by atoms with van der Waals surface area (Å²) in [6.45, 7) is 1.77. The molecule has 0 saturated carbocycles. The second-order valence-electron chi connectivity index (χ2n) is 4.15. The smallest absolute Gasteiger partial charge is 0.348 e. The lowest BCUT2D eigenvalue weighted by atomic mass is 9.88. The molecule has 0 radical (unpaired) electrons. The summed E-state index contributed by atoms with van der Waals surface area (Å²) >= 11 is 0. The van der Waals surface area contributed by atoms with Gasteiger partial charge in [-0.2, -0.15) is 0 Å². The molecular weight excluding hydrogens is 268 g/mol. The number of carbonyl (C=O) groups is 3. The van der Waals surface area contributed by atoms with E-state index < -0.39 is 35.8 Å². The van der Waals surface area contributed by atoms with E-state index >= 15 is 0 Å². The highest BCUT2D eigenvalue weighted by molar-refractivity contribution is 6.00. The van der Waals surface area contributed by atoms with Gasteiger partial charge in [0.25, 0.3) is 0 Å². The second kappa shape index (κ2) is 5.77. The Balaban J connectivity index is 2.36. The van der Waals surface area contributed by atoms with Crippen LogP contribution >= 0.6 is 0 Å². The van der Waals surface area contributed by atoms with Crippen LogP contribution in [0, 0.1) is 5.92 Å². The molecule has 1 aliphatic rings. The standard InChI is InChI=1S/C13H14O7/c1-3-18-13(16)10-8(7-5-4-6-19-7)9(11(14)17-2)12(15)20-10/h4-6,8-10H,3H2,1-2H3/t8-,9+,10+/m0/s1. The zero-order chi connectivity index (χ0) is 14.7. The lowest BCUT2D eigenvalue weighted by molar-refractivity contribution is -0.163. The average molecular weight is 282 g/mol. The van der Waals surface area contributed by atoms with Crippen LogP contribution in [-0.4, -0.2) is 37.7 Å². The largest absolute Gasteiger partial charge is 0.469 e. The number of cyclic esters (lactones) is 1. The highest BCUT2D eigenvalue weighted by atomic mass is 16.6. The second-order valence-corrected chi connectivity index (χ2v) is 4.15. The number of hydrogen-bond donors (Lipinski definition) is 0. The molecule has 7 heteroatoms. The van der Waals surface area contributed by atoms with Gasteiger partial charge in [0.1, 0.15) is 5.76 Å². The molecule has 0 unspecified atom stereocenters. The molecule has 108 valence electrons. The van der Waals surface area contributed by atoms with Crippen LogP contribution in [0.15, 0.2) is 22.8 Å². The summed E-state index contributed by atoms with van der Waals surface area (Å²) in [5, 5.41) is 0. The maximum absolute atomic E-state index is 11.9. The normalized spacial score (nSPS) is 25.1. The predicted molar refractivity (Wildman–Crippen MR) is 63.5 cm³/mol. The minimum Gasteiger partial charge on any atom is -0.469 e. The van der Waals surface area contributed by atoms with Crippen LogP contribution in [0.5, 0.6) is 0 Å². The topological polar surface area (TPSA) is 92.0 Å². The predicted octanol–water partition coefficient (Wildman–Crippen LogP) is 0.641. The first-order valence-electron chi connectivity index (χ1n) is 6.08. The molecule has 3 atom stereocenters. The molecule has 1 aromatic heterocycles. The third-order valence-electron chi connectivity index (χ3n) is 3.03. The first kappa shape index (κ1) is 14.1. The first-order chi connectivity index (χ1) is 9.60. The van der Waals surface area contributed by atoms with Crippen LogP contribution in [-0.2, 0) is 28.6 Å². The van der Waals surface area contributed by atoms with Gasteiger partial charge in [-0.3, -0.25) is 9.59 Å². The van der Waals surface area contributed by atoms with Gasteiger partial charge in [0.2, 0.25) is 6.10 Å². The van der Waals surface area contributed by atoms with Gasteiger partial charge < -0.3 is 18.6 Å². The molecule has 0 N–H and O–H groups in total. The van der Waals surface area contributed by atoms with Crippen molar-refractivity contribution in [2.24, 2.45) is 5.92 Å². The first-order valence-corrected chi connectivity index (χ1v) is 6.08. The van der Waals surface area contributed by atoms with Crippen molar-refractivity contribution in [3.63, 3.8) is 0 Å². The van der Waals surface area contributed by atoms with Crippen molar-refractivity contribution in [2.45, 2.75) is 18.9 Å². The zero-order valence-electron chi connectivity index (χ0n) is 11.0. The summed E-state index contributed by atoms with van der Waals surface area (Å²) in [7, 11) is 1.16. The maximum atomic E-state index is 11.9. The number of esters is 3. The molecule has 1 saturated heterocycles. The van der Waals surface area contributed by atoms with Crippen LogP contribution < -0.4 is 0 Å². The third kappa shape index (κ3) is 2.38. The van der Waals surface area contributed by atoms with E-state index in [0.717, 1.165) is 7.11 Å². The lowest BCUT2D eigenvalue weighted by Gasteiger charge is -2.16. The SMILES string of the molecule is CCOC(=O)[C@@H]1OC(=O)[C@@H](C(=O)OC)[C@@H]1c1ccco1. The van der Waals surface area contributed by atoms with Crippen molar-refractivity contribution in [3.05, 3.63) is 24.2 Å². The Morgan fingerprint density at radius 3 is 2.65 bits per heavy atom. The van der Waals surface area contributed by atoms with Crippen LogP contribution in [0.1, 0.15) is 18.6 Å². The molecule has 2 heterocycles. The van der Waals surface area contributed by atoms with Crippen molar-refractivity contribution in [1.29, 1.82) is 0 Å². The van der Waals surface area contributed by atoms with Gasteiger partial charge in [-0.05, 0) is 19.1 Å². The Morgan fingerprint density at radius 1 is 1.35 bits per heavy atom. The highest BCUT2D eigenvalue weighted by Gasteiger charge is 2.55. The van der Waals surface area contributed by atoms with E-state index in [1.165, 1.54) is 6.26 Å². The van der Waals surface area contributed by atoms with Crippen molar-refractivity contribution in [2.75, 3.05) is 13.7 Å². The van der Waals surface area contributed by atoms with Gasteiger partial charge in [-0.1, -0.05) is 0 Å². The molecule has 1 aromatic rings. The van der Waals surface area contributed by atoms with Crippen LogP contribution in [0.3, 0.4) is 0 Å². The quantitative estimate of drug-likeness (QED) is 0.454. The molecule has 2 rings (SSSR count). The van der Waals surface area contributed by atoms with Crippen molar-refractivity contribution in [3.8, 4) is 0 Å². The number of furan rings is 1. The molecular formula is C13H14O7. The van der Waals surface area contributed by atoms with E-state index in [-0.39, 0.29) is 6.61 Å². The van der Waals surface area contributed by atoms with Crippen LogP contribution in [0.4, 0.5) is 0 Å². The Kier molecular flexibility index (Phi) is 4.07. The number of rotatable bonds is 4. The van der Waals surface area contributed by atoms with Gasteiger partial charge in [0.05, 0.1) is 25.9 Å². The number of methoxy groups -OCH3 is 1. The van der Waals surface area contributed by atoms with Crippen LogP contribution in [0.25, 0.3) is 0 Å². The Morgan fingerprint density at radius 2 is 2.10 bits per heavy atom. The highest BCUT2D eigenvalue weighted by Crippen LogP contribution is 2.38. The molecule has 0 aliphatic carbocycles. The number of carbonyl (C=O) groups excluding carboxylic acids is 3. The summed E-state index contributed by atoms with van der Waals surface area (Å²) in [6.07, 6.45) is 0.173. The number of hydrogen-bond acceptors (Lipinski definition) is 7. The summed E-state index contributed by atoms with van der Waals surface area (Å²) in [6, 6.07) is 3.16. The Labute approximate surface area is 114 Å². The van der Waals surface area contributed by atoms with Gasteiger partial charge in [-0.25, -0.2) is 4.79 Å². The van der Waals surface area contributed by atoms with E-state index in [4.69, 9.17) is 13.9 Å². The molecule has 0 amide bonds. The summed E-state index contributed by atoms with van der Waals surface area (Å²) in [4.78, 5) is 35.4. The van der Waals surface area contributed by atoms with Gasteiger partial charge in [-0.15, -0.1) is 0 Å². The monoisotopic (exact) mass is 282 g/mol. The minimum atomic E-state index is -1.24. The van der Waals surface area contributed by atoms with Crippen molar-refractivity contribution >= 4 is 17.9 Å². The summed E-state index contributed by atoms with van der Waals surface area (Å²) < 4.78 is 19.6. The number of ether oxygens (including phenoxy) is 3. The molecule has 1 aliphatic heterocycles. The maximum Gasteiger partial charge on any atom is 0.348 e. The van der Waals surface area contributed by atoms with Gasteiger partial charge in [0.15, 0.2) is 5.92 Å². The van der Waals surface area contributed by atoms with Gasteiger partial charge >= 0.3 is 17.9 Å². The molecule has 0 spiro atoms. The summed E-state index contributed by atoms with van der Waals surface area (Å²) in [5.41, 5.74) is 0. The third-order valence-corrected chi connectivity index (χ3v) is 3.03. The van der Waals surface area contributed by atoms with E-state index in [1.54, 1.807) is 19.1 Å². The fourth-order valence-corrected chi connectivity index (χ4v) is 2.18. The lowest BCUT2D eigenvalue weighted by Crippen LogP contribution is -2.31. The minimum absolute atomic E-state index is 0.140. The van der Waals surface area contributed by atoms with Crippen molar-refractivity contribution in [1.82, 2.24) is 0 Å². The fraction of sp³-hybridized carbons (Fsp3) is 0.462. The fourth-order valence-electron chi connectivity index (χ4n) is 2.18. The Hall–Kier alpha value is -2.31. The van der Waals surface area contributed by atoms with E-state index in [1.807, 2.05) is 0 Å². The molecule has 0 aromatic carbocycles. The summed E-state index contributed by atoms with van der Waals surface area (Å²) in [5.74, 6) is -4.14. The van der Waals surface area contributed by atoms with Crippen LogP contribution in [0.2, 0.25) is 0 Å². The van der Waals surface area contributed by atoms with Crippen molar-refractivity contribution < 1.29 is 33.0 Å². The molecule has 20 heavy (non-hydrogen) atoms. The van der Waals surface area contributed by atoms with E-state index in [9.17, 15) is 14.4 Å². The molecule has 1 fully saturated rings. The van der Waals surface area contributed by atoms with E-state index in [0.29, 0.717) is 5.76 Å². The average Bonchev–Trinajstić information content (AvgIpc) is 3.05. The van der Waals surface area contributed by atoms with E-state index in [2.05, 4.69) is 4.74 Å².